The van der Waals surface area contributed by atoms with Crippen LogP contribution in [0, 0.1) is 0 Å². The smallest absolute Gasteiger partial charge is 0.0300 e. The van der Waals surface area contributed by atoms with Crippen LogP contribution in [0.25, 0.3) is 10.8 Å². The van der Waals surface area contributed by atoms with Crippen LogP contribution in [0.1, 0.15) is 11.1 Å². The topological polar surface area (TPSA) is 50.9 Å². The van der Waals surface area contributed by atoms with Crippen LogP contribution in [0.3, 0.4) is 0 Å². The Hall–Kier alpha value is -2.23. The van der Waals surface area contributed by atoms with Crippen molar-refractivity contribution in [3.05, 3.63) is 78.1 Å². The van der Waals surface area contributed by atoms with Crippen molar-refractivity contribution in [1.82, 2.24) is 10.3 Å². The number of hydrogen-bond acceptors (Lipinski definition) is 3. The second kappa shape index (κ2) is 7.16. The number of pyridine rings is 1. The van der Waals surface area contributed by atoms with Gasteiger partial charge in [0.15, 0.2) is 0 Å². The van der Waals surface area contributed by atoms with Crippen LogP contribution >= 0.6 is 0 Å². The van der Waals surface area contributed by atoms with E-state index in [-0.39, 0.29) is 6.04 Å². The van der Waals surface area contributed by atoms with Gasteiger partial charge in [-0.05, 0) is 34.4 Å². The van der Waals surface area contributed by atoms with Crippen molar-refractivity contribution < 1.29 is 0 Å². The van der Waals surface area contributed by atoms with Crippen LogP contribution in [0.2, 0.25) is 0 Å². The van der Waals surface area contributed by atoms with E-state index in [1.165, 1.54) is 21.9 Å². The zero-order valence-electron chi connectivity index (χ0n) is 12.6. The molecule has 1 heterocycles. The molecule has 3 aromatic rings. The Morgan fingerprint density at radius 1 is 1.00 bits per heavy atom. The third kappa shape index (κ3) is 3.50. The monoisotopic (exact) mass is 291 g/mol. The highest BCUT2D eigenvalue weighted by Gasteiger charge is 2.08. The first-order valence-corrected chi connectivity index (χ1v) is 7.66. The molecule has 22 heavy (non-hydrogen) atoms. The van der Waals surface area contributed by atoms with Gasteiger partial charge in [0.25, 0.3) is 0 Å². The van der Waals surface area contributed by atoms with Gasteiger partial charge in [0.1, 0.15) is 0 Å². The molecule has 0 aliphatic heterocycles. The van der Waals surface area contributed by atoms with Gasteiger partial charge in [0, 0.05) is 31.5 Å². The molecule has 2 aromatic carbocycles. The fraction of sp³-hybridized carbons (Fsp3) is 0.211. The Balaban J connectivity index is 1.69. The summed E-state index contributed by atoms with van der Waals surface area (Å²) >= 11 is 0. The van der Waals surface area contributed by atoms with Gasteiger partial charge in [-0.2, -0.15) is 0 Å². The van der Waals surface area contributed by atoms with Crippen LogP contribution in [-0.4, -0.2) is 17.6 Å². The maximum atomic E-state index is 5.91. The summed E-state index contributed by atoms with van der Waals surface area (Å²) in [5, 5.41) is 6.15. The maximum Gasteiger partial charge on any atom is 0.0300 e. The van der Waals surface area contributed by atoms with Crippen LogP contribution in [0.15, 0.2) is 67.0 Å². The molecular formula is C19H21N3. The number of nitrogens with two attached hydrogens (primary N) is 1. The van der Waals surface area contributed by atoms with Gasteiger partial charge < -0.3 is 11.1 Å². The molecule has 3 rings (SSSR count). The van der Waals surface area contributed by atoms with Crippen LogP contribution in [0.5, 0.6) is 0 Å². The number of hydrogen-bond donors (Lipinski definition) is 2. The van der Waals surface area contributed by atoms with Gasteiger partial charge in [-0.25, -0.2) is 0 Å². The molecule has 0 spiro atoms. The van der Waals surface area contributed by atoms with E-state index < -0.39 is 0 Å². The summed E-state index contributed by atoms with van der Waals surface area (Å²) in [7, 11) is 0. The SMILES string of the molecule is NCC(Cc1cccnc1)NCc1cccc2ccccc12. The average molecular weight is 291 g/mol. The van der Waals surface area contributed by atoms with Crippen molar-refractivity contribution in [3.63, 3.8) is 0 Å². The summed E-state index contributed by atoms with van der Waals surface area (Å²) in [4.78, 5) is 4.16. The standard InChI is InChI=1S/C19H21N3/c20-12-18(11-15-5-4-10-21-13-15)22-14-17-8-3-7-16-6-1-2-9-19(16)17/h1-10,13,18,22H,11-12,14,20H2. The molecule has 1 aromatic heterocycles. The molecule has 0 bridgehead atoms. The molecule has 0 saturated carbocycles. The van der Waals surface area contributed by atoms with Crippen molar-refractivity contribution in [3.8, 4) is 0 Å². The zero-order chi connectivity index (χ0) is 15.2. The van der Waals surface area contributed by atoms with E-state index in [2.05, 4.69) is 58.8 Å². The zero-order valence-corrected chi connectivity index (χ0v) is 12.6. The number of nitrogens with one attached hydrogen (secondary N) is 1. The van der Waals surface area contributed by atoms with E-state index in [1.54, 1.807) is 6.20 Å². The summed E-state index contributed by atoms with van der Waals surface area (Å²) in [5.74, 6) is 0. The second-order valence-corrected chi connectivity index (χ2v) is 5.52. The Bertz CT molecular complexity index is 720. The molecule has 3 heteroatoms. The van der Waals surface area contributed by atoms with E-state index in [4.69, 9.17) is 5.73 Å². The fourth-order valence-electron chi connectivity index (χ4n) is 2.74. The summed E-state index contributed by atoms with van der Waals surface area (Å²) in [6, 6.07) is 19.2. The lowest BCUT2D eigenvalue weighted by atomic mass is 10.0. The van der Waals surface area contributed by atoms with Gasteiger partial charge in [0.05, 0.1) is 0 Å². The highest BCUT2D eigenvalue weighted by atomic mass is 14.9. The first-order valence-electron chi connectivity index (χ1n) is 7.66. The van der Waals surface area contributed by atoms with Crippen LogP contribution in [0.4, 0.5) is 0 Å². The molecule has 0 aliphatic rings. The van der Waals surface area contributed by atoms with Crippen molar-refractivity contribution in [2.45, 2.75) is 19.0 Å². The van der Waals surface area contributed by atoms with E-state index >= 15 is 0 Å². The van der Waals surface area contributed by atoms with Gasteiger partial charge in [-0.1, -0.05) is 48.5 Å². The molecule has 3 nitrogen and oxygen atoms in total. The van der Waals surface area contributed by atoms with E-state index in [1.807, 2.05) is 12.3 Å². The van der Waals surface area contributed by atoms with Crippen molar-refractivity contribution in [2.24, 2.45) is 5.73 Å². The van der Waals surface area contributed by atoms with Gasteiger partial charge >= 0.3 is 0 Å². The summed E-state index contributed by atoms with van der Waals surface area (Å²) in [5.41, 5.74) is 8.43. The van der Waals surface area contributed by atoms with Crippen LogP contribution in [-0.2, 0) is 13.0 Å². The molecule has 1 unspecified atom stereocenters. The lowest BCUT2D eigenvalue weighted by molar-refractivity contribution is 0.516. The van der Waals surface area contributed by atoms with Crippen molar-refractivity contribution in [1.29, 1.82) is 0 Å². The Morgan fingerprint density at radius 3 is 2.68 bits per heavy atom. The summed E-state index contributed by atoms with van der Waals surface area (Å²) in [6.45, 7) is 1.43. The van der Waals surface area contributed by atoms with Crippen LogP contribution < -0.4 is 11.1 Å². The Morgan fingerprint density at radius 2 is 1.86 bits per heavy atom. The molecule has 0 amide bonds. The predicted octanol–water partition coefficient (Wildman–Crippen LogP) is 2.89. The van der Waals surface area contributed by atoms with E-state index in [0.29, 0.717) is 6.54 Å². The largest absolute Gasteiger partial charge is 0.329 e. The van der Waals surface area contributed by atoms with E-state index in [9.17, 15) is 0 Å². The lowest BCUT2D eigenvalue weighted by Crippen LogP contribution is -2.37. The first kappa shape index (κ1) is 14.7. The molecule has 0 radical (unpaired) electrons. The second-order valence-electron chi connectivity index (χ2n) is 5.52. The van der Waals surface area contributed by atoms with Gasteiger partial charge in [0.2, 0.25) is 0 Å². The minimum atomic E-state index is 0.253. The number of fused-ring (bicyclic) bond motifs is 1. The molecule has 112 valence electrons. The predicted molar refractivity (Wildman–Crippen MR) is 91.6 cm³/mol. The number of benzene rings is 2. The highest BCUT2D eigenvalue weighted by molar-refractivity contribution is 5.85. The quantitative estimate of drug-likeness (QED) is 0.734. The number of aromatic nitrogens is 1. The summed E-state index contributed by atoms with van der Waals surface area (Å²) < 4.78 is 0. The highest BCUT2D eigenvalue weighted by Crippen LogP contribution is 2.18. The maximum absolute atomic E-state index is 5.91. The van der Waals surface area contributed by atoms with Crippen molar-refractivity contribution in [2.75, 3.05) is 6.54 Å². The number of rotatable bonds is 6. The molecule has 3 N–H and O–H groups in total. The minimum absolute atomic E-state index is 0.253. The minimum Gasteiger partial charge on any atom is -0.329 e. The molecular weight excluding hydrogens is 270 g/mol. The van der Waals surface area contributed by atoms with Crippen molar-refractivity contribution >= 4 is 10.8 Å². The fourth-order valence-corrected chi connectivity index (χ4v) is 2.74. The van der Waals surface area contributed by atoms with Gasteiger partial charge in [-0.15, -0.1) is 0 Å². The molecule has 0 saturated heterocycles. The Labute approximate surface area is 131 Å². The number of nitrogens with zero attached hydrogens (tertiary/aromatic N) is 1. The Kier molecular flexibility index (Phi) is 4.78. The van der Waals surface area contributed by atoms with E-state index in [0.717, 1.165) is 13.0 Å². The average Bonchev–Trinajstić information content (AvgIpc) is 2.59. The lowest BCUT2D eigenvalue weighted by Gasteiger charge is -2.17. The summed E-state index contributed by atoms with van der Waals surface area (Å²) in [6.07, 6.45) is 4.60. The third-order valence-corrected chi connectivity index (χ3v) is 3.95. The molecule has 0 aliphatic carbocycles. The van der Waals surface area contributed by atoms with Gasteiger partial charge in [-0.3, -0.25) is 4.98 Å². The first-order chi connectivity index (χ1) is 10.9. The molecule has 0 fully saturated rings. The molecule has 1 atom stereocenters. The normalized spacial score (nSPS) is 12.4. The third-order valence-electron chi connectivity index (χ3n) is 3.95.